The smallest absolute Gasteiger partial charge is 0.263 e. The molecule has 1 fully saturated rings. The van der Waals surface area contributed by atoms with E-state index in [0.717, 1.165) is 0 Å². The van der Waals surface area contributed by atoms with Crippen LogP contribution in [-0.4, -0.2) is 60.0 Å². The van der Waals surface area contributed by atoms with E-state index in [0.29, 0.717) is 37.7 Å². The van der Waals surface area contributed by atoms with Gasteiger partial charge in [-0.25, -0.2) is 0 Å². The number of rotatable bonds is 6. The molecule has 0 bridgehead atoms. The third-order valence-corrected chi connectivity index (χ3v) is 4.71. The first-order valence-electron chi connectivity index (χ1n) is 9.55. The molecule has 148 valence electrons. The monoisotopic (exact) mass is 382 g/mol. The molecular formula is C22H26N2O4. The van der Waals surface area contributed by atoms with Crippen molar-refractivity contribution in [3.8, 4) is 11.5 Å². The number of para-hydroxylation sites is 2. The Bertz CT molecular complexity index is 706. The molecular weight excluding hydrogens is 356 g/mol. The molecule has 1 aliphatic heterocycles. The third kappa shape index (κ3) is 5.03. The molecule has 6 nitrogen and oxygen atoms in total. The second-order valence-corrected chi connectivity index (χ2v) is 6.80. The zero-order valence-corrected chi connectivity index (χ0v) is 16.3. The lowest BCUT2D eigenvalue weighted by Gasteiger charge is -2.36. The summed E-state index contributed by atoms with van der Waals surface area (Å²) in [5, 5.41) is 0. The summed E-state index contributed by atoms with van der Waals surface area (Å²) < 4.78 is 11.4. The van der Waals surface area contributed by atoms with Gasteiger partial charge in [0, 0.05) is 26.2 Å². The molecule has 0 N–H and O–H groups in total. The van der Waals surface area contributed by atoms with Crippen LogP contribution in [0.3, 0.4) is 0 Å². The summed E-state index contributed by atoms with van der Waals surface area (Å²) in [5.74, 6) is 1.21. The Morgan fingerprint density at radius 1 is 0.679 bits per heavy atom. The number of amides is 2. The summed E-state index contributed by atoms with van der Waals surface area (Å²) in [4.78, 5) is 28.8. The van der Waals surface area contributed by atoms with Gasteiger partial charge in [0.2, 0.25) is 0 Å². The Labute approximate surface area is 165 Å². The average molecular weight is 382 g/mol. The van der Waals surface area contributed by atoms with Crippen LogP contribution < -0.4 is 9.47 Å². The molecule has 0 saturated carbocycles. The number of nitrogens with zero attached hydrogens (tertiary/aromatic N) is 2. The van der Waals surface area contributed by atoms with E-state index in [4.69, 9.17) is 9.47 Å². The van der Waals surface area contributed by atoms with Gasteiger partial charge in [-0.3, -0.25) is 9.59 Å². The van der Waals surface area contributed by atoms with Gasteiger partial charge in [0.1, 0.15) is 11.5 Å². The van der Waals surface area contributed by atoms with Crippen molar-refractivity contribution >= 4 is 11.8 Å². The Kier molecular flexibility index (Phi) is 6.53. The van der Waals surface area contributed by atoms with Crippen LogP contribution in [0.4, 0.5) is 0 Å². The molecule has 2 amide bonds. The normalized spacial score (nSPS) is 16.2. The number of hydrogen-bond donors (Lipinski definition) is 0. The highest BCUT2D eigenvalue weighted by Crippen LogP contribution is 2.15. The molecule has 0 unspecified atom stereocenters. The third-order valence-electron chi connectivity index (χ3n) is 4.71. The summed E-state index contributed by atoms with van der Waals surface area (Å²) >= 11 is 0. The van der Waals surface area contributed by atoms with Crippen LogP contribution in [0.1, 0.15) is 13.8 Å². The van der Waals surface area contributed by atoms with Gasteiger partial charge in [-0.15, -0.1) is 0 Å². The number of benzene rings is 2. The summed E-state index contributed by atoms with van der Waals surface area (Å²) in [6.45, 7) is 5.47. The Balaban J connectivity index is 1.48. The molecule has 0 spiro atoms. The van der Waals surface area contributed by atoms with Gasteiger partial charge >= 0.3 is 0 Å². The second kappa shape index (κ2) is 9.26. The first kappa shape index (κ1) is 19.7. The highest BCUT2D eigenvalue weighted by Gasteiger charge is 2.30. The van der Waals surface area contributed by atoms with E-state index in [1.165, 1.54) is 0 Å². The topological polar surface area (TPSA) is 59.1 Å². The zero-order chi connectivity index (χ0) is 19.9. The van der Waals surface area contributed by atoms with E-state index in [1.807, 2.05) is 60.7 Å². The maximum atomic E-state index is 12.6. The van der Waals surface area contributed by atoms with E-state index in [9.17, 15) is 9.59 Å². The molecule has 1 aliphatic rings. The SMILES string of the molecule is C[C@H](Oc1ccccc1)C(=O)N1CCN(C(=O)[C@@H](C)Oc2ccccc2)CC1. The van der Waals surface area contributed by atoms with Crippen molar-refractivity contribution in [3.63, 3.8) is 0 Å². The van der Waals surface area contributed by atoms with E-state index in [-0.39, 0.29) is 11.8 Å². The highest BCUT2D eigenvalue weighted by atomic mass is 16.5. The van der Waals surface area contributed by atoms with Crippen LogP contribution in [-0.2, 0) is 9.59 Å². The van der Waals surface area contributed by atoms with E-state index in [2.05, 4.69) is 0 Å². The van der Waals surface area contributed by atoms with Crippen molar-refractivity contribution in [2.75, 3.05) is 26.2 Å². The van der Waals surface area contributed by atoms with E-state index in [1.54, 1.807) is 23.6 Å². The molecule has 2 atom stereocenters. The molecule has 0 aliphatic carbocycles. The van der Waals surface area contributed by atoms with Crippen molar-refractivity contribution in [1.82, 2.24) is 9.80 Å². The number of carbonyl (C=O) groups excluding carboxylic acids is 2. The predicted molar refractivity (Wildman–Crippen MR) is 106 cm³/mol. The second-order valence-electron chi connectivity index (χ2n) is 6.80. The van der Waals surface area contributed by atoms with Crippen molar-refractivity contribution in [1.29, 1.82) is 0 Å². The first-order chi connectivity index (χ1) is 13.5. The molecule has 1 saturated heterocycles. The average Bonchev–Trinajstić information content (AvgIpc) is 2.74. The van der Waals surface area contributed by atoms with Crippen molar-refractivity contribution in [3.05, 3.63) is 60.7 Å². The molecule has 0 radical (unpaired) electrons. The number of carbonyl (C=O) groups is 2. The van der Waals surface area contributed by atoms with Crippen molar-refractivity contribution < 1.29 is 19.1 Å². The molecule has 2 aromatic rings. The fraction of sp³-hybridized carbons (Fsp3) is 0.364. The van der Waals surface area contributed by atoms with Crippen LogP contribution in [0.15, 0.2) is 60.7 Å². The van der Waals surface area contributed by atoms with Gasteiger partial charge in [0.25, 0.3) is 11.8 Å². The maximum absolute atomic E-state index is 12.6. The molecule has 1 heterocycles. The minimum Gasteiger partial charge on any atom is -0.481 e. The fourth-order valence-corrected chi connectivity index (χ4v) is 3.17. The minimum absolute atomic E-state index is 0.0652. The number of piperazine rings is 1. The van der Waals surface area contributed by atoms with Crippen LogP contribution in [0.2, 0.25) is 0 Å². The molecule has 3 rings (SSSR count). The predicted octanol–water partition coefficient (Wildman–Crippen LogP) is 2.59. The van der Waals surface area contributed by atoms with E-state index >= 15 is 0 Å². The summed E-state index contributed by atoms with van der Waals surface area (Å²) in [6, 6.07) is 18.6. The molecule has 0 aromatic heterocycles. The van der Waals surface area contributed by atoms with Gasteiger partial charge in [-0.2, -0.15) is 0 Å². The Morgan fingerprint density at radius 3 is 1.32 bits per heavy atom. The van der Waals surface area contributed by atoms with E-state index < -0.39 is 12.2 Å². The van der Waals surface area contributed by atoms with Crippen LogP contribution in [0.25, 0.3) is 0 Å². The van der Waals surface area contributed by atoms with Crippen LogP contribution >= 0.6 is 0 Å². The minimum atomic E-state index is -0.565. The summed E-state index contributed by atoms with van der Waals surface area (Å²) in [5.41, 5.74) is 0. The highest BCUT2D eigenvalue weighted by molar-refractivity contribution is 5.83. The standard InChI is InChI=1S/C22H26N2O4/c1-17(27-19-9-5-3-6-10-19)21(25)23-13-15-24(16-14-23)22(26)18(2)28-20-11-7-4-8-12-20/h3-12,17-18H,13-16H2,1-2H3/t17-,18+. The van der Waals surface area contributed by atoms with Crippen molar-refractivity contribution in [2.45, 2.75) is 26.1 Å². The Morgan fingerprint density at radius 2 is 1.00 bits per heavy atom. The summed E-state index contributed by atoms with van der Waals surface area (Å²) in [6.07, 6.45) is -1.13. The lowest BCUT2D eigenvalue weighted by molar-refractivity contribution is -0.146. The van der Waals surface area contributed by atoms with Gasteiger partial charge in [0.15, 0.2) is 12.2 Å². The Hall–Kier alpha value is -3.02. The lowest BCUT2D eigenvalue weighted by Crippen LogP contribution is -2.55. The molecule has 2 aromatic carbocycles. The van der Waals surface area contributed by atoms with Crippen molar-refractivity contribution in [2.24, 2.45) is 0 Å². The fourth-order valence-electron chi connectivity index (χ4n) is 3.17. The van der Waals surface area contributed by atoms with Gasteiger partial charge in [-0.05, 0) is 38.1 Å². The van der Waals surface area contributed by atoms with Gasteiger partial charge < -0.3 is 19.3 Å². The molecule has 28 heavy (non-hydrogen) atoms. The zero-order valence-electron chi connectivity index (χ0n) is 16.3. The van der Waals surface area contributed by atoms with Crippen LogP contribution in [0.5, 0.6) is 11.5 Å². The van der Waals surface area contributed by atoms with Gasteiger partial charge in [0.05, 0.1) is 0 Å². The lowest BCUT2D eigenvalue weighted by atomic mass is 10.2. The quantitative estimate of drug-likeness (QED) is 0.771. The maximum Gasteiger partial charge on any atom is 0.263 e. The number of ether oxygens (including phenoxy) is 2. The summed E-state index contributed by atoms with van der Waals surface area (Å²) in [7, 11) is 0. The van der Waals surface area contributed by atoms with Crippen LogP contribution in [0, 0.1) is 0 Å². The first-order valence-corrected chi connectivity index (χ1v) is 9.55. The molecule has 6 heteroatoms. The largest absolute Gasteiger partial charge is 0.481 e. The number of hydrogen-bond acceptors (Lipinski definition) is 4. The van der Waals surface area contributed by atoms with Gasteiger partial charge in [-0.1, -0.05) is 36.4 Å².